The van der Waals surface area contributed by atoms with E-state index in [1.807, 2.05) is 44.1 Å². The predicted molar refractivity (Wildman–Crippen MR) is 113 cm³/mol. The number of nitrogens with zero attached hydrogens (tertiary/aromatic N) is 4. The van der Waals surface area contributed by atoms with Crippen LogP contribution in [0.25, 0.3) is 11.3 Å². The first-order chi connectivity index (χ1) is 13.8. The van der Waals surface area contributed by atoms with Crippen LogP contribution in [0.4, 0.5) is 0 Å². The molecule has 2 amide bonds. The van der Waals surface area contributed by atoms with Crippen LogP contribution in [0.15, 0.2) is 30.6 Å². The second-order valence-corrected chi connectivity index (χ2v) is 8.02. The van der Waals surface area contributed by atoms with Gasteiger partial charge in [0.15, 0.2) is 0 Å². The molecule has 0 unspecified atom stereocenters. The van der Waals surface area contributed by atoms with E-state index in [2.05, 4.69) is 15.3 Å². The van der Waals surface area contributed by atoms with Gasteiger partial charge >= 0.3 is 0 Å². The van der Waals surface area contributed by atoms with E-state index in [4.69, 9.17) is 11.6 Å². The van der Waals surface area contributed by atoms with Crippen molar-refractivity contribution in [2.45, 2.75) is 25.8 Å². The van der Waals surface area contributed by atoms with E-state index in [0.717, 1.165) is 17.5 Å². The molecule has 2 aromatic rings. The Hall–Kier alpha value is -2.51. The predicted octanol–water partition coefficient (Wildman–Crippen LogP) is 2.39. The van der Waals surface area contributed by atoms with E-state index in [-0.39, 0.29) is 17.9 Å². The molecule has 1 aromatic carbocycles. The lowest BCUT2D eigenvalue weighted by atomic mass is 10.1. The van der Waals surface area contributed by atoms with Crippen molar-refractivity contribution in [3.05, 3.63) is 46.9 Å². The normalized spacial score (nSPS) is 16.3. The first kappa shape index (κ1) is 21.2. The molecule has 0 aliphatic carbocycles. The van der Waals surface area contributed by atoms with Gasteiger partial charge in [-0.1, -0.05) is 17.7 Å². The van der Waals surface area contributed by atoms with Gasteiger partial charge in [-0.2, -0.15) is 0 Å². The van der Waals surface area contributed by atoms with E-state index >= 15 is 0 Å². The molecule has 0 saturated carbocycles. The lowest BCUT2D eigenvalue weighted by molar-refractivity contribution is -0.121. The number of carbonyl (C=O) groups excluding carboxylic acids is 2. The molecule has 1 atom stereocenters. The topological polar surface area (TPSA) is 78.4 Å². The summed E-state index contributed by atoms with van der Waals surface area (Å²) in [6, 6.07) is 7.32. The van der Waals surface area contributed by atoms with E-state index < -0.39 is 0 Å². The number of nitrogens with one attached hydrogen (secondary N) is 1. The number of hydrogen-bond donors (Lipinski definition) is 1. The third-order valence-electron chi connectivity index (χ3n) is 4.97. The van der Waals surface area contributed by atoms with Crippen LogP contribution in [0.2, 0.25) is 5.02 Å². The Morgan fingerprint density at radius 3 is 2.79 bits per heavy atom. The third kappa shape index (κ3) is 5.52. The number of carbonyl (C=O) groups is 2. The maximum atomic E-state index is 12.9. The summed E-state index contributed by atoms with van der Waals surface area (Å²) in [6.45, 7) is 3.72. The van der Waals surface area contributed by atoms with Gasteiger partial charge in [-0.05, 0) is 51.2 Å². The molecule has 8 heteroatoms. The lowest BCUT2D eigenvalue weighted by Gasteiger charge is -2.17. The number of benzene rings is 1. The Kier molecular flexibility index (Phi) is 6.82. The van der Waals surface area contributed by atoms with Gasteiger partial charge in [0.05, 0.1) is 5.69 Å². The Labute approximate surface area is 176 Å². The van der Waals surface area contributed by atoms with Gasteiger partial charge in [0, 0.05) is 42.7 Å². The van der Waals surface area contributed by atoms with Crippen LogP contribution in [-0.2, 0) is 4.79 Å². The van der Waals surface area contributed by atoms with Gasteiger partial charge < -0.3 is 15.1 Å². The van der Waals surface area contributed by atoms with Gasteiger partial charge in [-0.15, -0.1) is 0 Å². The summed E-state index contributed by atoms with van der Waals surface area (Å²) in [5, 5.41) is 3.70. The fraction of sp³-hybridized carbons (Fsp3) is 0.429. The standard InChI is InChI=1S/C21H26ClN5O2/c1-14-10-15(4-5-17(14)22)18-11-19(24-13-23-18)21(29)27-9-6-16(12-27)25-20(28)7-8-26(2)3/h4-5,10-11,13,16H,6-9,12H2,1-3H3,(H,25,28)/t16-/m0/s1. The summed E-state index contributed by atoms with van der Waals surface area (Å²) < 4.78 is 0. The second-order valence-electron chi connectivity index (χ2n) is 7.61. The number of hydrogen-bond acceptors (Lipinski definition) is 5. The third-order valence-corrected chi connectivity index (χ3v) is 5.39. The summed E-state index contributed by atoms with van der Waals surface area (Å²) in [5.74, 6) is -0.134. The summed E-state index contributed by atoms with van der Waals surface area (Å²) >= 11 is 6.09. The maximum absolute atomic E-state index is 12.9. The van der Waals surface area contributed by atoms with Crippen molar-refractivity contribution in [3.63, 3.8) is 0 Å². The molecule has 0 radical (unpaired) electrons. The van der Waals surface area contributed by atoms with E-state index in [1.54, 1.807) is 11.0 Å². The van der Waals surface area contributed by atoms with Crippen LogP contribution in [0.1, 0.15) is 28.9 Å². The van der Waals surface area contributed by atoms with Crippen LogP contribution in [0.3, 0.4) is 0 Å². The van der Waals surface area contributed by atoms with E-state index in [1.165, 1.54) is 6.33 Å². The van der Waals surface area contributed by atoms with Crippen LogP contribution < -0.4 is 5.32 Å². The molecule has 7 nitrogen and oxygen atoms in total. The van der Waals surface area contributed by atoms with Crippen molar-refractivity contribution in [1.29, 1.82) is 0 Å². The lowest BCUT2D eigenvalue weighted by Crippen LogP contribution is -2.39. The molecule has 1 N–H and O–H groups in total. The molecule has 1 saturated heterocycles. The van der Waals surface area contributed by atoms with Gasteiger partial charge in [-0.3, -0.25) is 9.59 Å². The van der Waals surface area contributed by atoms with Crippen LogP contribution in [0.5, 0.6) is 0 Å². The summed E-state index contributed by atoms with van der Waals surface area (Å²) in [5.41, 5.74) is 2.86. The molecule has 0 spiro atoms. The molecule has 2 heterocycles. The Bertz CT molecular complexity index is 902. The first-order valence-electron chi connectivity index (χ1n) is 9.65. The molecule has 0 bridgehead atoms. The van der Waals surface area contributed by atoms with Crippen LogP contribution in [0, 0.1) is 6.92 Å². The average molecular weight is 416 g/mol. The highest BCUT2D eigenvalue weighted by molar-refractivity contribution is 6.31. The molecule has 29 heavy (non-hydrogen) atoms. The largest absolute Gasteiger partial charge is 0.351 e. The SMILES string of the molecule is Cc1cc(-c2cc(C(=O)N3CC[C@H](NC(=O)CCN(C)C)C3)ncn2)ccc1Cl. The number of amides is 2. The first-order valence-corrected chi connectivity index (χ1v) is 10.0. The summed E-state index contributed by atoms with van der Waals surface area (Å²) in [6.07, 6.45) is 2.60. The zero-order valence-electron chi connectivity index (χ0n) is 17.0. The van der Waals surface area contributed by atoms with E-state index in [9.17, 15) is 9.59 Å². The average Bonchev–Trinajstić information content (AvgIpc) is 3.16. The maximum Gasteiger partial charge on any atom is 0.272 e. The molecule has 1 aromatic heterocycles. The van der Waals surface area contributed by atoms with Crippen molar-refractivity contribution >= 4 is 23.4 Å². The fourth-order valence-corrected chi connectivity index (χ4v) is 3.40. The van der Waals surface area contributed by atoms with Gasteiger partial charge in [0.25, 0.3) is 5.91 Å². The number of aryl methyl sites for hydroxylation is 1. The van der Waals surface area contributed by atoms with Gasteiger partial charge in [0.1, 0.15) is 12.0 Å². The number of likely N-dealkylation sites (tertiary alicyclic amines) is 1. The molecular formula is C21H26ClN5O2. The molecule has 1 aliphatic heterocycles. The minimum Gasteiger partial charge on any atom is -0.351 e. The zero-order valence-corrected chi connectivity index (χ0v) is 17.7. The number of rotatable bonds is 6. The monoisotopic (exact) mass is 415 g/mol. The minimum absolute atomic E-state index is 0.0143. The number of halogens is 1. The molecular weight excluding hydrogens is 390 g/mol. The second kappa shape index (κ2) is 9.33. The fourth-order valence-electron chi connectivity index (χ4n) is 3.29. The molecule has 1 fully saturated rings. The molecule has 1 aliphatic rings. The highest BCUT2D eigenvalue weighted by Crippen LogP contribution is 2.24. The molecule has 3 rings (SSSR count). The Morgan fingerprint density at radius 2 is 2.07 bits per heavy atom. The smallest absolute Gasteiger partial charge is 0.272 e. The zero-order chi connectivity index (χ0) is 21.0. The van der Waals surface area contributed by atoms with Gasteiger partial charge in [-0.25, -0.2) is 9.97 Å². The van der Waals surface area contributed by atoms with E-state index in [0.29, 0.717) is 42.5 Å². The van der Waals surface area contributed by atoms with Crippen molar-refractivity contribution in [2.24, 2.45) is 0 Å². The van der Waals surface area contributed by atoms with Gasteiger partial charge in [0.2, 0.25) is 5.91 Å². The minimum atomic E-state index is -0.149. The Balaban J connectivity index is 1.64. The van der Waals surface area contributed by atoms with Crippen molar-refractivity contribution in [1.82, 2.24) is 25.1 Å². The van der Waals surface area contributed by atoms with Crippen molar-refractivity contribution in [2.75, 3.05) is 33.7 Å². The summed E-state index contributed by atoms with van der Waals surface area (Å²) in [4.78, 5) is 37.1. The van der Waals surface area contributed by atoms with Crippen molar-refractivity contribution in [3.8, 4) is 11.3 Å². The van der Waals surface area contributed by atoms with Crippen LogP contribution >= 0.6 is 11.6 Å². The molecule has 154 valence electrons. The highest BCUT2D eigenvalue weighted by Gasteiger charge is 2.28. The van der Waals surface area contributed by atoms with Crippen molar-refractivity contribution < 1.29 is 9.59 Å². The Morgan fingerprint density at radius 1 is 1.28 bits per heavy atom. The number of aromatic nitrogens is 2. The van der Waals surface area contributed by atoms with Crippen LogP contribution in [-0.4, -0.2) is 71.4 Å². The summed E-state index contributed by atoms with van der Waals surface area (Å²) in [7, 11) is 3.87. The quantitative estimate of drug-likeness (QED) is 0.783. The highest BCUT2D eigenvalue weighted by atomic mass is 35.5.